The van der Waals surface area contributed by atoms with E-state index in [0.717, 1.165) is 23.5 Å². The summed E-state index contributed by atoms with van der Waals surface area (Å²) in [6.07, 6.45) is 2.14. The molecule has 1 atom stereocenters. The molecule has 2 nitrogen and oxygen atoms in total. The van der Waals surface area contributed by atoms with Crippen LogP contribution in [0.2, 0.25) is 0 Å². The molecule has 0 saturated carbocycles. The standard InChI is InChI=1S/C12H16BrNOS2/c1-2-9(13)6-14-12(15)11-5-8-7-16-4-3-10(8)17-11/h5,9H,2-4,6-7H2,1H3,(H,14,15). The first-order valence-corrected chi connectivity index (χ1v) is 8.71. The molecule has 0 aromatic carbocycles. The van der Waals surface area contributed by atoms with Gasteiger partial charge in [0.05, 0.1) is 4.88 Å². The Labute approximate surface area is 119 Å². The Morgan fingerprint density at radius 1 is 1.65 bits per heavy atom. The van der Waals surface area contributed by atoms with Crippen LogP contribution in [0.25, 0.3) is 0 Å². The van der Waals surface area contributed by atoms with Gasteiger partial charge in [-0.3, -0.25) is 4.79 Å². The van der Waals surface area contributed by atoms with E-state index in [9.17, 15) is 4.79 Å². The highest BCUT2D eigenvalue weighted by Gasteiger charge is 2.17. The summed E-state index contributed by atoms with van der Waals surface area (Å²) < 4.78 is 0. The summed E-state index contributed by atoms with van der Waals surface area (Å²) in [6.45, 7) is 2.80. The van der Waals surface area contributed by atoms with Crippen LogP contribution in [0.3, 0.4) is 0 Å². The lowest BCUT2D eigenvalue weighted by molar-refractivity contribution is 0.0958. The monoisotopic (exact) mass is 333 g/mol. The molecule has 2 rings (SSSR count). The smallest absolute Gasteiger partial charge is 0.261 e. The van der Waals surface area contributed by atoms with Gasteiger partial charge in [0.1, 0.15) is 0 Å². The van der Waals surface area contributed by atoms with Gasteiger partial charge in [-0.25, -0.2) is 0 Å². The van der Waals surface area contributed by atoms with Crippen molar-refractivity contribution in [3.8, 4) is 0 Å². The number of carbonyl (C=O) groups is 1. The maximum Gasteiger partial charge on any atom is 0.261 e. The Morgan fingerprint density at radius 2 is 2.47 bits per heavy atom. The molecule has 1 aliphatic heterocycles. The predicted molar refractivity (Wildman–Crippen MR) is 79.5 cm³/mol. The molecular weight excluding hydrogens is 318 g/mol. The molecule has 0 saturated heterocycles. The maximum atomic E-state index is 12.0. The van der Waals surface area contributed by atoms with Crippen molar-refractivity contribution in [2.24, 2.45) is 0 Å². The van der Waals surface area contributed by atoms with Crippen molar-refractivity contribution < 1.29 is 4.79 Å². The lowest BCUT2D eigenvalue weighted by Crippen LogP contribution is -2.28. The normalized spacial score (nSPS) is 16.4. The van der Waals surface area contributed by atoms with Crippen LogP contribution in [0.4, 0.5) is 0 Å². The Morgan fingerprint density at radius 3 is 3.18 bits per heavy atom. The Hall–Kier alpha value is -0.000000000000000111. The van der Waals surface area contributed by atoms with E-state index in [1.54, 1.807) is 11.3 Å². The Balaban J connectivity index is 1.97. The summed E-state index contributed by atoms with van der Waals surface area (Å²) in [4.78, 5) is 14.6. The molecule has 1 N–H and O–H groups in total. The van der Waals surface area contributed by atoms with Crippen molar-refractivity contribution in [2.45, 2.75) is 30.3 Å². The second-order valence-electron chi connectivity index (χ2n) is 4.08. The van der Waals surface area contributed by atoms with E-state index >= 15 is 0 Å². The minimum Gasteiger partial charge on any atom is -0.350 e. The van der Waals surface area contributed by atoms with Crippen molar-refractivity contribution in [1.82, 2.24) is 5.32 Å². The number of carbonyl (C=O) groups excluding carboxylic acids is 1. The zero-order valence-electron chi connectivity index (χ0n) is 9.79. The van der Waals surface area contributed by atoms with Crippen LogP contribution in [-0.4, -0.2) is 23.0 Å². The van der Waals surface area contributed by atoms with Crippen LogP contribution < -0.4 is 5.32 Å². The van der Waals surface area contributed by atoms with Crippen LogP contribution in [0.5, 0.6) is 0 Å². The van der Waals surface area contributed by atoms with Gasteiger partial charge in [-0.15, -0.1) is 11.3 Å². The van der Waals surface area contributed by atoms with Gasteiger partial charge in [0.25, 0.3) is 5.91 Å². The number of amides is 1. The minimum atomic E-state index is 0.0762. The molecule has 2 heterocycles. The van der Waals surface area contributed by atoms with E-state index in [2.05, 4.69) is 34.2 Å². The zero-order chi connectivity index (χ0) is 12.3. The molecule has 1 aliphatic rings. The fourth-order valence-electron chi connectivity index (χ4n) is 1.69. The Kier molecular flexibility index (Phi) is 4.94. The average molecular weight is 334 g/mol. The number of thioether (sulfide) groups is 1. The molecule has 0 spiro atoms. The number of fused-ring (bicyclic) bond motifs is 1. The van der Waals surface area contributed by atoms with Crippen molar-refractivity contribution >= 4 is 44.9 Å². The van der Waals surface area contributed by atoms with Gasteiger partial charge in [-0.05, 0) is 30.2 Å². The van der Waals surface area contributed by atoms with Crippen molar-refractivity contribution in [2.75, 3.05) is 12.3 Å². The number of alkyl halides is 1. The van der Waals surface area contributed by atoms with Gasteiger partial charge in [0.15, 0.2) is 0 Å². The number of nitrogens with one attached hydrogen (secondary N) is 1. The second kappa shape index (κ2) is 6.25. The lowest BCUT2D eigenvalue weighted by atomic mass is 10.2. The van der Waals surface area contributed by atoms with Gasteiger partial charge in [0, 0.05) is 22.0 Å². The summed E-state index contributed by atoms with van der Waals surface area (Å²) in [7, 11) is 0. The average Bonchev–Trinajstić information content (AvgIpc) is 2.79. The molecule has 1 aromatic heterocycles. The first-order valence-electron chi connectivity index (χ1n) is 5.82. The largest absolute Gasteiger partial charge is 0.350 e. The molecule has 0 aliphatic carbocycles. The predicted octanol–water partition coefficient (Wildman–Crippen LogP) is 3.44. The minimum absolute atomic E-state index is 0.0762. The maximum absolute atomic E-state index is 12.0. The van der Waals surface area contributed by atoms with Gasteiger partial charge in [0.2, 0.25) is 0 Å². The molecule has 5 heteroatoms. The number of halogens is 1. The Bertz CT molecular complexity index is 382. The van der Waals surface area contributed by atoms with E-state index in [0.29, 0.717) is 11.4 Å². The third-order valence-electron chi connectivity index (χ3n) is 2.78. The lowest BCUT2D eigenvalue weighted by Gasteiger charge is -2.08. The summed E-state index contributed by atoms with van der Waals surface area (Å²) in [6, 6.07) is 2.07. The van der Waals surface area contributed by atoms with E-state index in [4.69, 9.17) is 0 Å². The molecule has 1 aromatic rings. The first kappa shape index (κ1) is 13.4. The van der Waals surface area contributed by atoms with Gasteiger partial charge in [-0.2, -0.15) is 11.8 Å². The fraction of sp³-hybridized carbons (Fsp3) is 0.583. The molecule has 0 bridgehead atoms. The highest BCUT2D eigenvalue weighted by atomic mass is 79.9. The van der Waals surface area contributed by atoms with Gasteiger partial charge < -0.3 is 5.32 Å². The molecule has 1 unspecified atom stereocenters. The van der Waals surface area contributed by atoms with Crippen molar-refractivity contribution in [3.63, 3.8) is 0 Å². The van der Waals surface area contributed by atoms with Crippen LogP contribution in [0.15, 0.2) is 6.07 Å². The fourth-order valence-corrected chi connectivity index (χ4v) is 4.14. The third-order valence-corrected chi connectivity index (χ3v) is 5.99. The number of hydrogen-bond donors (Lipinski definition) is 1. The topological polar surface area (TPSA) is 29.1 Å². The SMILES string of the molecule is CCC(Br)CNC(=O)c1cc2c(s1)CCSC2. The number of aryl methyl sites for hydroxylation is 1. The summed E-state index contributed by atoms with van der Waals surface area (Å²) in [5.41, 5.74) is 1.36. The molecule has 1 amide bonds. The molecule has 0 fully saturated rings. The van der Waals surface area contributed by atoms with E-state index in [1.807, 2.05) is 11.8 Å². The summed E-state index contributed by atoms with van der Waals surface area (Å²) in [5.74, 6) is 2.33. The number of thiophene rings is 1. The van der Waals surface area contributed by atoms with Gasteiger partial charge in [-0.1, -0.05) is 22.9 Å². The highest BCUT2D eigenvalue weighted by molar-refractivity contribution is 9.09. The van der Waals surface area contributed by atoms with Crippen LogP contribution in [0.1, 0.15) is 33.5 Å². The molecule has 94 valence electrons. The van der Waals surface area contributed by atoms with Gasteiger partial charge >= 0.3 is 0 Å². The van der Waals surface area contributed by atoms with Crippen molar-refractivity contribution in [1.29, 1.82) is 0 Å². The number of hydrogen-bond acceptors (Lipinski definition) is 3. The van der Waals surface area contributed by atoms with Crippen LogP contribution >= 0.6 is 39.0 Å². The highest BCUT2D eigenvalue weighted by Crippen LogP contribution is 2.31. The molecule has 0 radical (unpaired) electrons. The van der Waals surface area contributed by atoms with Crippen molar-refractivity contribution in [3.05, 3.63) is 21.4 Å². The van der Waals surface area contributed by atoms with E-state index in [1.165, 1.54) is 16.2 Å². The molecule has 17 heavy (non-hydrogen) atoms. The summed E-state index contributed by atoms with van der Waals surface area (Å²) >= 11 is 7.13. The third kappa shape index (κ3) is 3.48. The second-order valence-corrected chi connectivity index (χ2v) is 7.61. The van der Waals surface area contributed by atoms with E-state index in [-0.39, 0.29) is 5.91 Å². The summed E-state index contributed by atoms with van der Waals surface area (Å²) in [5, 5.41) is 2.98. The first-order chi connectivity index (χ1) is 8.20. The van der Waals surface area contributed by atoms with Crippen LogP contribution in [-0.2, 0) is 12.2 Å². The van der Waals surface area contributed by atoms with E-state index < -0.39 is 0 Å². The van der Waals surface area contributed by atoms with Crippen LogP contribution in [0, 0.1) is 0 Å². The quantitative estimate of drug-likeness (QED) is 0.855. The number of rotatable bonds is 4. The zero-order valence-corrected chi connectivity index (χ0v) is 13.0. The molecular formula is C12H16BrNOS2.